The van der Waals surface area contributed by atoms with Gasteiger partial charge in [-0.3, -0.25) is 9.69 Å². The van der Waals surface area contributed by atoms with Crippen molar-refractivity contribution >= 4 is 24.5 Å². The highest BCUT2D eigenvalue weighted by atomic mass is 16.2. The number of pyridine rings is 1. The molecule has 1 saturated heterocycles. The number of carbonyl (C=O) groups excluding carboxylic acids is 1. The summed E-state index contributed by atoms with van der Waals surface area (Å²) in [7, 11) is 0.987. The monoisotopic (exact) mass is 188 g/mol. The summed E-state index contributed by atoms with van der Waals surface area (Å²) >= 11 is 0. The van der Waals surface area contributed by atoms with Gasteiger partial charge in [0.2, 0.25) is 5.91 Å². The molecule has 14 heavy (non-hydrogen) atoms. The van der Waals surface area contributed by atoms with E-state index in [0.717, 1.165) is 26.1 Å². The Morgan fingerprint density at radius 1 is 1.50 bits per heavy atom. The Labute approximate surface area is 84.4 Å². The van der Waals surface area contributed by atoms with E-state index in [1.54, 1.807) is 4.90 Å². The fourth-order valence-electron chi connectivity index (χ4n) is 1.68. The highest BCUT2D eigenvalue weighted by Gasteiger charge is 2.22. The molecular formula is C10H13BN2O. The van der Waals surface area contributed by atoms with E-state index in [0.29, 0.717) is 6.42 Å². The summed E-state index contributed by atoms with van der Waals surface area (Å²) < 4.78 is 0. The van der Waals surface area contributed by atoms with E-state index < -0.39 is 0 Å². The van der Waals surface area contributed by atoms with E-state index in [4.69, 9.17) is 0 Å². The van der Waals surface area contributed by atoms with Crippen molar-refractivity contribution in [2.24, 2.45) is 0 Å². The quantitative estimate of drug-likeness (QED) is 0.626. The number of hydrogen-bond donors (Lipinski definition) is 0. The molecule has 1 aliphatic heterocycles. The van der Waals surface area contributed by atoms with E-state index >= 15 is 0 Å². The van der Waals surface area contributed by atoms with Crippen molar-refractivity contribution in [2.75, 3.05) is 11.4 Å². The topological polar surface area (TPSA) is 33.2 Å². The van der Waals surface area contributed by atoms with Gasteiger partial charge in [0.15, 0.2) is 7.28 Å². The van der Waals surface area contributed by atoms with Crippen LogP contribution in [0.15, 0.2) is 18.3 Å². The minimum Gasteiger partial charge on any atom is -0.297 e. The van der Waals surface area contributed by atoms with Crippen LogP contribution in [0, 0.1) is 0 Å². The molecule has 1 aliphatic rings. The standard InChI is InChI=1S/C10H13BN2O/c1-11-8-4-5-9(12-7-8)13-6-2-3-10(13)14/h4-5,7,11H,2-3,6H2,1H3. The molecule has 0 saturated carbocycles. The minimum absolute atomic E-state index is 0.196. The van der Waals surface area contributed by atoms with Crippen LogP contribution >= 0.6 is 0 Å². The van der Waals surface area contributed by atoms with Crippen LogP contribution < -0.4 is 10.4 Å². The Kier molecular flexibility index (Phi) is 2.52. The Bertz CT molecular complexity index is 336. The van der Waals surface area contributed by atoms with Crippen molar-refractivity contribution in [2.45, 2.75) is 19.7 Å². The second-order valence-corrected chi connectivity index (χ2v) is 3.53. The molecule has 0 radical (unpaired) electrons. The molecule has 0 atom stereocenters. The van der Waals surface area contributed by atoms with Gasteiger partial charge in [0.05, 0.1) is 0 Å². The van der Waals surface area contributed by atoms with Crippen molar-refractivity contribution in [3.63, 3.8) is 0 Å². The molecular weight excluding hydrogens is 175 g/mol. The summed E-state index contributed by atoms with van der Waals surface area (Å²) in [5.41, 5.74) is 1.21. The van der Waals surface area contributed by atoms with Crippen LogP contribution in [0.1, 0.15) is 12.8 Å². The number of anilines is 1. The van der Waals surface area contributed by atoms with Gasteiger partial charge < -0.3 is 0 Å². The summed E-state index contributed by atoms with van der Waals surface area (Å²) in [6.07, 6.45) is 3.47. The van der Waals surface area contributed by atoms with Crippen LogP contribution in [0.25, 0.3) is 0 Å². The minimum atomic E-state index is 0.196. The first-order chi connectivity index (χ1) is 6.81. The van der Waals surface area contributed by atoms with E-state index in [-0.39, 0.29) is 5.91 Å². The third-order valence-corrected chi connectivity index (χ3v) is 2.57. The number of carbonyl (C=O) groups is 1. The maximum absolute atomic E-state index is 11.4. The number of nitrogens with zero attached hydrogens (tertiary/aromatic N) is 2. The third-order valence-electron chi connectivity index (χ3n) is 2.57. The molecule has 0 spiro atoms. The second kappa shape index (κ2) is 3.82. The Balaban J connectivity index is 2.20. The molecule has 72 valence electrons. The molecule has 1 fully saturated rings. The van der Waals surface area contributed by atoms with Crippen molar-refractivity contribution in [1.29, 1.82) is 0 Å². The molecule has 0 unspecified atom stereocenters. The van der Waals surface area contributed by atoms with Crippen LogP contribution in [-0.4, -0.2) is 24.7 Å². The van der Waals surface area contributed by atoms with E-state index in [2.05, 4.69) is 11.8 Å². The van der Waals surface area contributed by atoms with Crippen molar-refractivity contribution < 1.29 is 4.79 Å². The average molecular weight is 188 g/mol. The molecule has 1 aromatic rings. The molecule has 3 nitrogen and oxygen atoms in total. The number of amides is 1. The first-order valence-electron chi connectivity index (χ1n) is 5.06. The molecule has 0 bridgehead atoms. The summed E-state index contributed by atoms with van der Waals surface area (Å²) in [5.74, 6) is 0.992. The van der Waals surface area contributed by atoms with Gasteiger partial charge in [-0.2, -0.15) is 0 Å². The average Bonchev–Trinajstić information content (AvgIpc) is 2.65. The molecule has 2 heterocycles. The maximum Gasteiger partial charge on any atom is 0.228 e. The Morgan fingerprint density at radius 3 is 2.86 bits per heavy atom. The van der Waals surface area contributed by atoms with Crippen LogP contribution in [0.3, 0.4) is 0 Å². The molecule has 0 N–H and O–H groups in total. The lowest BCUT2D eigenvalue weighted by atomic mass is 9.74. The molecule has 0 aromatic carbocycles. The number of rotatable bonds is 2. The van der Waals surface area contributed by atoms with Crippen molar-refractivity contribution in [3.8, 4) is 0 Å². The number of aromatic nitrogens is 1. The summed E-state index contributed by atoms with van der Waals surface area (Å²) in [5, 5.41) is 0. The van der Waals surface area contributed by atoms with E-state index in [9.17, 15) is 4.79 Å². The van der Waals surface area contributed by atoms with Gasteiger partial charge in [0.1, 0.15) is 5.82 Å². The molecule has 0 aliphatic carbocycles. The first kappa shape index (κ1) is 9.25. The van der Waals surface area contributed by atoms with Gasteiger partial charge in [-0.05, 0) is 12.5 Å². The summed E-state index contributed by atoms with van der Waals surface area (Å²) in [4.78, 5) is 17.5. The summed E-state index contributed by atoms with van der Waals surface area (Å²) in [6.45, 7) is 2.91. The highest BCUT2D eigenvalue weighted by Crippen LogP contribution is 2.17. The highest BCUT2D eigenvalue weighted by molar-refractivity contribution is 6.51. The van der Waals surface area contributed by atoms with Crippen molar-refractivity contribution in [1.82, 2.24) is 4.98 Å². The number of hydrogen-bond acceptors (Lipinski definition) is 2. The van der Waals surface area contributed by atoms with E-state index in [1.807, 2.05) is 18.3 Å². The lowest BCUT2D eigenvalue weighted by Gasteiger charge is -2.14. The fourth-order valence-corrected chi connectivity index (χ4v) is 1.68. The Morgan fingerprint density at radius 2 is 2.36 bits per heavy atom. The van der Waals surface area contributed by atoms with Crippen LogP contribution in [-0.2, 0) is 4.79 Å². The van der Waals surface area contributed by atoms with Gasteiger partial charge in [0.25, 0.3) is 0 Å². The summed E-state index contributed by atoms with van der Waals surface area (Å²) in [6, 6.07) is 3.97. The largest absolute Gasteiger partial charge is 0.297 e. The van der Waals surface area contributed by atoms with Gasteiger partial charge in [0, 0.05) is 19.2 Å². The Hall–Kier alpha value is -1.32. The van der Waals surface area contributed by atoms with Gasteiger partial charge in [-0.1, -0.05) is 18.4 Å². The molecule has 1 amide bonds. The predicted molar refractivity (Wildman–Crippen MR) is 58.5 cm³/mol. The maximum atomic E-state index is 11.4. The molecule has 1 aromatic heterocycles. The van der Waals surface area contributed by atoms with E-state index in [1.165, 1.54) is 5.46 Å². The zero-order valence-electron chi connectivity index (χ0n) is 8.36. The normalized spacial score (nSPS) is 16.1. The first-order valence-corrected chi connectivity index (χ1v) is 5.06. The van der Waals surface area contributed by atoms with Gasteiger partial charge in [-0.15, -0.1) is 0 Å². The third kappa shape index (κ3) is 1.64. The second-order valence-electron chi connectivity index (χ2n) is 3.53. The molecule has 2 rings (SSSR count). The fraction of sp³-hybridized carbons (Fsp3) is 0.400. The lowest BCUT2D eigenvalue weighted by molar-refractivity contribution is -0.117. The van der Waals surface area contributed by atoms with Crippen LogP contribution in [0.2, 0.25) is 6.82 Å². The predicted octanol–water partition coefficient (Wildman–Crippen LogP) is 0.318. The van der Waals surface area contributed by atoms with Gasteiger partial charge >= 0.3 is 0 Å². The SMILES string of the molecule is CBc1ccc(N2CCCC2=O)nc1. The van der Waals surface area contributed by atoms with Gasteiger partial charge in [-0.25, -0.2) is 4.98 Å². The zero-order chi connectivity index (χ0) is 9.97. The smallest absolute Gasteiger partial charge is 0.228 e. The molecule has 4 heteroatoms. The van der Waals surface area contributed by atoms with Crippen LogP contribution in [0.5, 0.6) is 0 Å². The van der Waals surface area contributed by atoms with Crippen LogP contribution in [0.4, 0.5) is 5.82 Å². The van der Waals surface area contributed by atoms with Crippen molar-refractivity contribution in [3.05, 3.63) is 18.3 Å². The zero-order valence-corrected chi connectivity index (χ0v) is 8.36. The lowest BCUT2D eigenvalue weighted by Crippen LogP contribution is -2.25.